The third-order valence-corrected chi connectivity index (χ3v) is 6.96. The van der Waals surface area contributed by atoms with Crippen LogP contribution in [0.25, 0.3) is 21.6 Å². The van der Waals surface area contributed by atoms with Crippen LogP contribution in [-0.2, 0) is 21.6 Å². The molecule has 1 aliphatic rings. The van der Waals surface area contributed by atoms with Gasteiger partial charge in [-0.25, -0.2) is 19.0 Å². The first-order valence-corrected chi connectivity index (χ1v) is 12.4. The summed E-state index contributed by atoms with van der Waals surface area (Å²) in [6.07, 6.45) is 1.39. The standard InChI is InChI=1S/C22H25N3O4S2/c1-14(2)29-22(26)25-11-9-17(10-12-25)20-24-19-8-7-18(23-21(19)30-20)16-5-3-15(4-6-16)13-31(27)28/h3-8,14,17H,9-13H2,1-2H3,(H,27,28). The number of carbonyl (C=O) groups is 1. The highest BCUT2D eigenvalue weighted by molar-refractivity contribution is 7.78. The molecule has 4 rings (SSSR count). The van der Waals surface area contributed by atoms with E-state index in [1.165, 1.54) is 0 Å². The molecule has 1 aliphatic heterocycles. The molecule has 1 amide bonds. The Kier molecular flexibility index (Phi) is 6.64. The normalized spacial score (nSPS) is 16.1. The number of pyridine rings is 1. The second-order valence-electron chi connectivity index (χ2n) is 7.93. The summed E-state index contributed by atoms with van der Waals surface area (Å²) >= 11 is -0.231. The number of fused-ring (bicyclic) bond motifs is 1. The summed E-state index contributed by atoms with van der Waals surface area (Å²) < 4.78 is 25.3. The number of ether oxygens (including phenoxy) is 1. The lowest BCUT2D eigenvalue weighted by Gasteiger charge is -2.30. The zero-order valence-electron chi connectivity index (χ0n) is 17.5. The molecule has 0 saturated carbocycles. The molecule has 0 spiro atoms. The molecule has 0 radical (unpaired) electrons. The molecule has 164 valence electrons. The van der Waals surface area contributed by atoms with Gasteiger partial charge in [0.1, 0.15) is 10.3 Å². The average Bonchev–Trinajstić information content (AvgIpc) is 3.17. The van der Waals surface area contributed by atoms with Crippen molar-refractivity contribution in [2.75, 3.05) is 13.1 Å². The Morgan fingerprint density at radius 3 is 2.55 bits per heavy atom. The van der Waals surface area contributed by atoms with Gasteiger partial charge in [0.2, 0.25) is 0 Å². The van der Waals surface area contributed by atoms with Gasteiger partial charge in [0.05, 0.1) is 22.6 Å². The Bertz CT molecular complexity index is 1090. The minimum absolute atomic E-state index is 0.107. The van der Waals surface area contributed by atoms with Crippen molar-refractivity contribution in [3.63, 3.8) is 0 Å². The summed E-state index contributed by atoms with van der Waals surface area (Å²) in [6, 6.07) is 11.5. The van der Waals surface area contributed by atoms with Crippen molar-refractivity contribution in [3.05, 3.63) is 47.0 Å². The number of benzene rings is 1. The SMILES string of the molecule is CC(C)OC(=O)N1CCC(c2nc3ccc(-c4ccc(CS(=O)O)cc4)nc3s2)CC1. The maximum Gasteiger partial charge on any atom is 0.410 e. The number of piperidine rings is 1. The summed E-state index contributed by atoms with van der Waals surface area (Å²) in [4.78, 5) is 24.3. The summed E-state index contributed by atoms with van der Waals surface area (Å²) in [7, 11) is 0. The molecule has 1 N–H and O–H groups in total. The van der Waals surface area contributed by atoms with Gasteiger partial charge in [-0.2, -0.15) is 0 Å². The van der Waals surface area contributed by atoms with Gasteiger partial charge >= 0.3 is 6.09 Å². The van der Waals surface area contributed by atoms with E-state index in [0.717, 1.165) is 45.0 Å². The maximum atomic E-state index is 12.1. The number of rotatable bonds is 5. The predicted octanol–water partition coefficient (Wildman–Crippen LogP) is 4.80. The van der Waals surface area contributed by atoms with E-state index >= 15 is 0 Å². The zero-order valence-corrected chi connectivity index (χ0v) is 19.1. The number of likely N-dealkylation sites (tertiary alicyclic amines) is 1. The van der Waals surface area contributed by atoms with Gasteiger partial charge < -0.3 is 14.2 Å². The highest BCUT2D eigenvalue weighted by Crippen LogP contribution is 2.34. The van der Waals surface area contributed by atoms with Crippen molar-refractivity contribution in [2.24, 2.45) is 0 Å². The zero-order chi connectivity index (χ0) is 22.0. The third-order valence-electron chi connectivity index (χ3n) is 5.25. The molecular formula is C22H25N3O4S2. The molecule has 1 unspecified atom stereocenters. The summed E-state index contributed by atoms with van der Waals surface area (Å²) in [6.45, 7) is 5.07. The van der Waals surface area contributed by atoms with Crippen molar-refractivity contribution in [3.8, 4) is 11.3 Å². The first kappa shape index (κ1) is 21.9. The van der Waals surface area contributed by atoms with Gasteiger partial charge in [-0.1, -0.05) is 35.6 Å². The van der Waals surface area contributed by atoms with Gasteiger partial charge in [0, 0.05) is 24.6 Å². The molecular weight excluding hydrogens is 434 g/mol. The number of aromatic nitrogens is 2. The summed E-state index contributed by atoms with van der Waals surface area (Å²) in [5.41, 5.74) is 3.51. The summed E-state index contributed by atoms with van der Waals surface area (Å²) in [5, 5.41) is 1.07. The number of nitrogens with zero attached hydrogens (tertiary/aromatic N) is 3. The second kappa shape index (κ2) is 9.42. The third kappa shape index (κ3) is 5.28. The lowest BCUT2D eigenvalue weighted by atomic mass is 9.98. The molecule has 1 fully saturated rings. The fourth-order valence-electron chi connectivity index (χ4n) is 3.67. The Labute approximate surface area is 187 Å². The van der Waals surface area contributed by atoms with E-state index in [1.807, 2.05) is 50.2 Å². The number of amides is 1. The van der Waals surface area contributed by atoms with Crippen molar-refractivity contribution in [1.29, 1.82) is 0 Å². The minimum atomic E-state index is -1.84. The lowest BCUT2D eigenvalue weighted by Crippen LogP contribution is -2.39. The molecule has 1 aromatic carbocycles. The predicted molar refractivity (Wildman–Crippen MR) is 122 cm³/mol. The first-order valence-electron chi connectivity index (χ1n) is 10.3. The van der Waals surface area contributed by atoms with Gasteiger partial charge in [-0.15, -0.1) is 0 Å². The van der Waals surface area contributed by atoms with Crippen LogP contribution >= 0.6 is 11.3 Å². The van der Waals surface area contributed by atoms with Gasteiger partial charge in [-0.05, 0) is 44.4 Å². The van der Waals surface area contributed by atoms with E-state index in [4.69, 9.17) is 19.3 Å². The highest BCUT2D eigenvalue weighted by Gasteiger charge is 2.27. The van der Waals surface area contributed by atoms with E-state index < -0.39 is 11.1 Å². The van der Waals surface area contributed by atoms with E-state index in [0.29, 0.717) is 19.0 Å². The fraction of sp³-hybridized carbons (Fsp3) is 0.409. The Balaban J connectivity index is 1.46. The van der Waals surface area contributed by atoms with Crippen LogP contribution in [0.4, 0.5) is 4.79 Å². The van der Waals surface area contributed by atoms with Crippen LogP contribution < -0.4 is 0 Å². The molecule has 0 bridgehead atoms. The molecule has 1 atom stereocenters. The largest absolute Gasteiger partial charge is 0.447 e. The maximum absolute atomic E-state index is 12.1. The molecule has 2 aromatic heterocycles. The molecule has 31 heavy (non-hydrogen) atoms. The Morgan fingerprint density at radius 1 is 1.19 bits per heavy atom. The highest BCUT2D eigenvalue weighted by atomic mass is 32.2. The molecule has 9 heteroatoms. The fourth-order valence-corrected chi connectivity index (χ4v) is 5.25. The van der Waals surface area contributed by atoms with Crippen LogP contribution in [0, 0.1) is 0 Å². The smallest absolute Gasteiger partial charge is 0.410 e. The van der Waals surface area contributed by atoms with E-state index in [9.17, 15) is 9.00 Å². The molecule has 3 aromatic rings. The topological polar surface area (TPSA) is 92.6 Å². The van der Waals surface area contributed by atoms with Crippen LogP contribution in [-0.4, -0.2) is 48.9 Å². The van der Waals surface area contributed by atoms with Crippen molar-refractivity contribution in [2.45, 2.75) is 44.5 Å². The van der Waals surface area contributed by atoms with Gasteiger partial charge in [0.25, 0.3) is 0 Å². The van der Waals surface area contributed by atoms with E-state index in [-0.39, 0.29) is 18.0 Å². The van der Waals surface area contributed by atoms with Crippen molar-refractivity contribution < 1.29 is 18.3 Å². The quantitative estimate of drug-likeness (QED) is 0.551. The number of hydrogen-bond donors (Lipinski definition) is 1. The number of thiazole rings is 1. The van der Waals surface area contributed by atoms with Crippen LogP contribution in [0.2, 0.25) is 0 Å². The van der Waals surface area contributed by atoms with Gasteiger partial charge in [-0.3, -0.25) is 0 Å². The molecule has 3 heterocycles. The molecule has 7 nitrogen and oxygen atoms in total. The Morgan fingerprint density at radius 2 is 1.90 bits per heavy atom. The molecule has 0 aliphatic carbocycles. The average molecular weight is 460 g/mol. The van der Waals surface area contributed by atoms with Crippen LogP contribution in [0.1, 0.15) is 43.2 Å². The van der Waals surface area contributed by atoms with E-state index in [1.54, 1.807) is 16.2 Å². The van der Waals surface area contributed by atoms with Crippen LogP contribution in [0.3, 0.4) is 0 Å². The van der Waals surface area contributed by atoms with Crippen molar-refractivity contribution in [1.82, 2.24) is 14.9 Å². The Hall–Kier alpha value is -2.36. The van der Waals surface area contributed by atoms with E-state index in [2.05, 4.69) is 0 Å². The number of hydrogen-bond acceptors (Lipinski definition) is 6. The second-order valence-corrected chi connectivity index (χ2v) is 9.87. The van der Waals surface area contributed by atoms with Gasteiger partial charge in [0.15, 0.2) is 11.1 Å². The lowest BCUT2D eigenvalue weighted by molar-refractivity contribution is 0.0692. The number of carbonyl (C=O) groups excluding carboxylic acids is 1. The van der Waals surface area contributed by atoms with Crippen molar-refractivity contribution >= 4 is 38.9 Å². The van der Waals surface area contributed by atoms with Crippen LogP contribution in [0.5, 0.6) is 0 Å². The molecule has 1 saturated heterocycles. The first-order chi connectivity index (χ1) is 14.9. The minimum Gasteiger partial charge on any atom is -0.447 e. The van der Waals surface area contributed by atoms with Crippen LogP contribution in [0.15, 0.2) is 36.4 Å². The summed E-state index contributed by atoms with van der Waals surface area (Å²) in [5.74, 6) is 0.447. The monoisotopic (exact) mass is 459 g/mol.